The number of carbonyl (C=O) groups is 2. The number of methoxy groups -OCH3 is 1. The number of hydrogen-bond donors (Lipinski definition) is 2. The monoisotopic (exact) mass is 509 g/mol. The predicted octanol–water partition coefficient (Wildman–Crippen LogP) is 5.74. The number of rotatable bonds is 5. The van der Waals surface area contributed by atoms with Gasteiger partial charge in [0.25, 0.3) is 5.91 Å². The highest BCUT2D eigenvalue weighted by Gasteiger charge is 2.48. The zero-order chi connectivity index (χ0) is 26.1. The molecule has 0 aromatic heterocycles. The zero-order valence-electron chi connectivity index (χ0n) is 21.8. The van der Waals surface area contributed by atoms with Crippen molar-refractivity contribution < 1.29 is 14.3 Å². The highest BCUT2D eigenvalue weighted by atomic mass is 16.5. The van der Waals surface area contributed by atoms with Crippen LogP contribution in [-0.2, 0) is 4.79 Å². The molecule has 3 aliphatic rings. The molecule has 2 amide bonds. The van der Waals surface area contributed by atoms with Crippen LogP contribution in [0.2, 0.25) is 0 Å². The Hall–Kier alpha value is -3.80. The van der Waals surface area contributed by atoms with E-state index in [2.05, 4.69) is 45.9 Å². The number of nitrogens with zero attached hydrogens (tertiary/aromatic N) is 1. The summed E-state index contributed by atoms with van der Waals surface area (Å²) >= 11 is 0. The van der Waals surface area contributed by atoms with Crippen LogP contribution in [0.4, 0.5) is 5.69 Å². The van der Waals surface area contributed by atoms with Crippen molar-refractivity contribution in [3.63, 3.8) is 0 Å². The van der Waals surface area contributed by atoms with Crippen LogP contribution < -0.4 is 15.4 Å². The highest BCUT2D eigenvalue weighted by molar-refractivity contribution is 5.95. The number of likely N-dealkylation sites (tertiary alicyclic amines) is 1. The van der Waals surface area contributed by atoms with E-state index in [4.69, 9.17) is 4.74 Å². The molecule has 1 saturated heterocycles. The van der Waals surface area contributed by atoms with E-state index < -0.39 is 0 Å². The van der Waals surface area contributed by atoms with Crippen LogP contribution in [0.25, 0.3) is 0 Å². The molecule has 0 spiro atoms. The lowest BCUT2D eigenvalue weighted by atomic mass is 9.79. The minimum absolute atomic E-state index is 0.0118. The van der Waals surface area contributed by atoms with Crippen LogP contribution >= 0.6 is 0 Å². The third-order valence-electron chi connectivity index (χ3n) is 8.64. The summed E-state index contributed by atoms with van der Waals surface area (Å²) in [7, 11) is 1.68. The van der Waals surface area contributed by atoms with Gasteiger partial charge >= 0.3 is 0 Å². The van der Waals surface area contributed by atoms with Gasteiger partial charge in [-0.3, -0.25) is 9.59 Å². The fourth-order valence-corrected chi connectivity index (χ4v) is 6.78. The first-order valence-electron chi connectivity index (χ1n) is 13.8. The molecule has 3 aromatic carbocycles. The Balaban J connectivity index is 1.30. The van der Waals surface area contributed by atoms with Gasteiger partial charge in [0.1, 0.15) is 5.75 Å². The minimum Gasteiger partial charge on any atom is -0.497 e. The van der Waals surface area contributed by atoms with Gasteiger partial charge in [-0.1, -0.05) is 67.4 Å². The van der Waals surface area contributed by atoms with E-state index in [1.165, 1.54) is 5.56 Å². The molecule has 2 heterocycles. The van der Waals surface area contributed by atoms with E-state index in [9.17, 15) is 9.59 Å². The number of nitrogens with one attached hydrogen (secondary N) is 2. The molecular weight excluding hydrogens is 474 g/mol. The maximum absolute atomic E-state index is 14.3. The summed E-state index contributed by atoms with van der Waals surface area (Å²) in [5.41, 5.74) is 4.04. The zero-order valence-corrected chi connectivity index (χ0v) is 21.8. The topological polar surface area (TPSA) is 70.7 Å². The molecule has 6 nitrogen and oxygen atoms in total. The molecule has 196 valence electrons. The number of ether oxygens (including phenoxy) is 1. The highest BCUT2D eigenvalue weighted by Crippen LogP contribution is 2.52. The minimum atomic E-state index is -0.207. The number of carbonyl (C=O) groups excluding carboxylic acids is 2. The van der Waals surface area contributed by atoms with Gasteiger partial charge in [-0.15, -0.1) is 0 Å². The SMILES string of the molecule is COc1ccc2c(c1)NC(c1ccccc1)C1CCN(C(=O)[C@H]3CCCC[C@H]3NC(=O)c3ccccc3)C21. The van der Waals surface area contributed by atoms with E-state index in [1.807, 2.05) is 48.5 Å². The standard InChI is InChI=1S/C32H35N3O3/c1-38-23-16-17-24-28(20-23)33-29(21-10-4-2-5-11-21)26-18-19-35(30(24)26)32(37)25-14-8-9-15-27(25)34-31(36)22-12-6-3-7-13-22/h2-7,10-13,16-17,20,25-27,29-30,33H,8-9,14-15,18-19H2,1H3,(H,34,36)/t25-,26?,27+,29?,30?/m0/s1. The van der Waals surface area contributed by atoms with Crippen molar-refractivity contribution >= 4 is 17.5 Å². The summed E-state index contributed by atoms with van der Waals surface area (Å²) in [5.74, 6) is 0.933. The Morgan fingerprint density at radius 3 is 2.42 bits per heavy atom. The lowest BCUT2D eigenvalue weighted by Crippen LogP contribution is -2.50. The molecule has 0 radical (unpaired) electrons. The van der Waals surface area contributed by atoms with Crippen molar-refractivity contribution in [2.45, 2.75) is 50.2 Å². The van der Waals surface area contributed by atoms with Gasteiger partial charge in [-0.2, -0.15) is 0 Å². The van der Waals surface area contributed by atoms with Gasteiger partial charge in [0.2, 0.25) is 5.91 Å². The molecule has 38 heavy (non-hydrogen) atoms. The summed E-state index contributed by atoms with van der Waals surface area (Å²) in [4.78, 5) is 29.4. The summed E-state index contributed by atoms with van der Waals surface area (Å²) in [6.45, 7) is 0.723. The number of benzene rings is 3. The van der Waals surface area contributed by atoms with Crippen LogP contribution in [0.15, 0.2) is 78.9 Å². The van der Waals surface area contributed by atoms with Gasteiger partial charge in [0, 0.05) is 35.8 Å². The molecule has 6 rings (SSSR count). The fraction of sp³-hybridized carbons (Fsp3) is 0.375. The van der Waals surface area contributed by atoms with Gasteiger partial charge in [-0.05, 0) is 48.6 Å². The second-order valence-corrected chi connectivity index (χ2v) is 10.8. The Labute approximate surface area is 224 Å². The maximum Gasteiger partial charge on any atom is 0.251 e. The second kappa shape index (κ2) is 10.5. The molecule has 3 unspecified atom stereocenters. The number of hydrogen-bond acceptors (Lipinski definition) is 4. The Kier molecular flexibility index (Phi) is 6.79. The molecule has 1 saturated carbocycles. The van der Waals surface area contributed by atoms with Crippen LogP contribution in [0, 0.1) is 11.8 Å². The molecule has 0 bridgehead atoms. The molecule has 2 N–H and O–H groups in total. The van der Waals surface area contributed by atoms with Crippen molar-refractivity contribution in [3.05, 3.63) is 95.6 Å². The third kappa shape index (κ3) is 4.53. The van der Waals surface area contributed by atoms with E-state index >= 15 is 0 Å². The van der Waals surface area contributed by atoms with Crippen molar-refractivity contribution in [2.75, 3.05) is 19.0 Å². The number of anilines is 1. The maximum atomic E-state index is 14.3. The lowest BCUT2D eigenvalue weighted by Gasteiger charge is -2.42. The summed E-state index contributed by atoms with van der Waals surface area (Å²) in [6.07, 6.45) is 4.61. The van der Waals surface area contributed by atoms with Crippen LogP contribution in [0.5, 0.6) is 5.75 Å². The summed E-state index contributed by atoms with van der Waals surface area (Å²) in [5, 5.41) is 6.99. The Bertz CT molecular complexity index is 1300. The van der Waals surface area contributed by atoms with Crippen molar-refractivity contribution in [1.82, 2.24) is 10.2 Å². The molecule has 2 fully saturated rings. The molecular formula is C32H35N3O3. The largest absolute Gasteiger partial charge is 0.497 e. The number of amides is 2. The average Bonchev–Trinajstić information content (AvgIpc) is 3.43. The van der Waals surface area contributed by atoms with E-state index in [-0.39, 0.29) is 41.8 Å². The van der Waals surface area contributed by atoms with Crippen LogP contribution in [0.3, 0.4) is 0 Å². The van der Waals surface area contributed by atoms with Gasteiger partial charge in [0.05, 0.1) is 25.1 Å². The van der Waals surface area contributed by atoms with Gasteiger partial charge < -0.3 is 20.3 Å². The van der Waals surface area contributed by atoms with Crippen molar-refractivity contribution in [1.29, 1.82) is 0 Å². The van der Waals surface area contributed by atoms with Gasteiger partial charge in [-0.25, -0.2) is 0 Å². The van der Waals surface area contributed by atoms with Crippen molar-refractivity contribution in [3.8, 4) is 5.75 Å². The van der Waals surface area contributed by atoms with E-state index in [1.54, 1.807) is 7.11 Å². The normalized spacial score (nSPS) is 26.0. The van der Waals surface area contributed by atoms with Crippen LogP contribution in [-0.4, -0.2) is 36.4 Å². The van der Waals surface area contributed by atoms with Crippen LogP contribution in [0.1, 0.15) is 65.7 Å². The molecule has 5 atom stereocenters. The number of fused-ring (bicyclic) bond motifs is 3. The fourth-order valence-electron chi connectivity index (χ4n) is 6.78. The first kappa shape index (κ1) is 24.5. The second-order valence-electron chi connectivity index (χ2n) is 10.8. The summed E-state index contributed by atoms with van der Waals surface area (Å²) < 4.78 is 5.53. The third-order valence-corrected chi connectivity index (χ3v) is 8.64. The molecule has 6 heteroatoms. The summed E-state index contributed by atoms with van der Waals surface area (Å²) in [6, 6.07) is 25.9. The first-order chi connectivity index (χ1) is 18.6. The lowest BCUT2D eigenvalue weighted by molar-refractivity contribution is -0.138. The Morgan fingerprint density at radius 1 is 0.921 bits per heavy atom. The molecule has 3 aromatic rings. The predicted molar refractivity (Wildman–Crippen MR) is 148 cm³/mol. The Morgan fingerprint density at radius 2 is 1.66 bits per heavy atom. The quantitative estimate of drug-likeness (QED) is 0.460. The van der Waals surface area contributed by atoms with E-state index in [0.717, 1.165) is 55.6 Å². The first-order valence-corrected chi connectivity index (χ1v) is 13.8. The van der Waals surface area contributed by atoms with E-state index in [0.29, 0.717) is 5.56 Å². The van der Waals surface area contributed by atoms with Crippen molar-refractivity contribution in [2.24, 2.45) is 11.8 Å². The smallest absolute Gasteiger partial charge is 0.251 e. The molecule has 1 aliphatic carbocycles. The van der Waals surface area contributed by atoms with Gasteiger partial charge in [0.15, 0.2) is 0 Å². The molecule has 2 aliphatic heterocycles. The average molecular weight is 510 g/mol.